The number of nitrogens with one attached hydrogen (secondary N) is 1. The van der Waals surface area contributed by atoms with Gasteiger partial charge in [-0.2, -0.15) is 0 Å². The van der Waals surface area contributed by atoms with Crippen molar-refractivity contribution in [1.82, 2.24) is 4.98 Å². The Bertz CT molecular complexity index is 5710. The van der Waals surface area contributed by atoms with Crippen LogP contribution in [0.4, 0.5) is 0 Å². The summed E-state index contributed by atoms with van der Waals surface area (Å²) in [6.45, 7) is 19.7. The number of furan rings is 3. The number of nitrogens with zero attached hydrogens (tertiary/aromatic N) is 1. The highest BCUT2D eigenvalue weighted by atomic mass is 16.3. The summed E-state index contributed by atoms with van der Waals surface area (Å²) in [6, 6.07) is 69.1. The summed E-state index contributed by atoms with van der Waals surface area (Å²) in [4.78, 5) is 5.38. The summed E-state index contributed by atoms with van der Waals surface area (Å²) in [5, 5.41) is 16.2. The second-order valence-electron chi connectivity index (χ2n) is 28.8. The van der Waals surface area contributed by atoms with Crippen molar-refractivity contribution in [2.75, 3.05) is 0 Å². The third kappa shape index (κ3) is 9.35. The quantitative estimate of drug-likeness (QED) is 0.105. The van der Waals surface area contributed by atoms with Crippen molar-refractivity contribution in [3.05, 3.63) is 293 Å². The maximum atomic E-state index is 9.72. The SMILES string of the molecule is C=C(/C=C\C(=N)c1cccc2c1oc1ccccc12)c1cccc2c1-c1c(c3c(c4c1CCC(C)(C)c1cccc(-c5ccc(-c6cccc7c6oc6ccccc67)nc5)c1-4)CCC(C)(C)c1cccc(C(/C=C\Cc4cccc5c4oc4ccccc45)=C/N)c1-3)CCC2(C)C. The van der Waals surface area contributed by atoms with Gasteiger partial charge in [-0.25, -0.2) is 0 Å². The summed E-state index contributed by atoms with van der Waals surface area (Å²) >= 11 is 0. The Morgan fingerprint density at radius 1 is 0.448 bits per heavy atom. The highest BCUT2D eigenvalue weighted by molar-refractivity contribution is 6.18. The van der Waals surface area contributed by atoms with Gasteiger partial charge < -0.3 is 24.4 Å². The molecule has 4 heterocycles. The molecule has 17 rings (SSSR count). The molecule has 3 aliphatic carbocycles. The number of fused-ring (bicyclic) bond motifs is 21. The lowest BCUT2D eigenvalue weighted by molar-refractivity contribution is 0.485. The summed E-state index contributed by atoms with van der Waals surface area (Å²) in [6.07, 6.45) is 18.5. The fourth-order valence-corrected chi connectivity index (χ4v) is 16.7. The zero-order valence-electron chi connectivity index (χ0n) is 55.3. The van der Waals surface area contributed by atoms with Crippen LogP contribution >= 0.6 is 0 Å². The zero-order valence-corrected chi connectivity index (χ0v) is 55.3. The van der Waals surface area contributed by atoms with Gasteiger partial charge in [0.25, 0.3) is 0 Å². The standard InChI is InChI=1S/C90H75N3O3/c1-53(41-43-74(92)66-33-16-31-64-61-25-9-12-39-77(61)95-86(64)66)57-27-18-35-71-82(57)79-68(45-48-88(71,2)3)80-70(47-50-89(4,5)72-36-19-28-58(83(72)80)55(51-91)23-14-21-54-22-15-30-63-60-24-8-11-38-76(60)94-85(54)63)81-69(79)46-49-90(6,7)73-37-20-29-59(84(73)81)56-42-44-75(93-52-56)67-34-17-32-65-62-26-10-13-40-78(62)96-87(65)67/h8-20,22-44,51-52,92H,1,21,45-50,91H2,2-7H3/b23-14-,43-41-,55-51+,92-74?. The van der Waals surface area contributed by atoms with Crippen LogP contribution < -0.4 is 5.73 Å². The van der Waals surface area contributed by atoms with Crippen molar-refractivity contribution in [2.24, 2.45) is 5.73 Å². The number of allylic oxidation sites excluding steroid dienone is 6. The molecular weight excluding hydrogens is 1170 g/mol. The summed E-state index contributed by atoms with van der Waals surface area (Å²) in [5.41, 5.74) is 37.6. The molecule has 0 bridgehead atoms. The molecular formula is C90H75N3O3. The third-order valence-electron chi connectivity index (χ3n) is 21.8. The average Bonchev–Trinajstić information content (AvgIpc) is 1.44. The minimum atomic E-state index is -0.245. The summed E-state index contributed by atoms with van der Waals surface area (Å²) in [5.74, 6) is 0. The van der Waals surface area contributed by atoms with Crippen LogP contribution in [0.25, 0.3) is 133 Å². The molecule has 96 heavy (non-hydrogen) atoms. The van der Waals surface area contributed by atoms with Crippen LogP contribution in [-0.4, -0.2) is 10.7 Å². The van der Waals surface area contributed by atoms with Crippen LogP contribution in [0.2, 0.25) is 0 Å². The molecule has 468 valence electrons. The number of pyridine rings is 1. The molecule has 0 amide bonds. The lowest BCUT2D eigenvalue weighted by atomic mass is 9.73. The van der Waals surface area contributed by atoms with E-state index in [0.717, 1.165) is 149 Å². The Morgan fingerprint density at radius 3 is 1.50 bits per heavy atom. The van der Waals surface area contributed by atoms with Crippen LogP contribution in [0.1, 0.15) is 116 Å². The van der Waals surface area contributed by atoms with E-state index in [-0.39, 0.29) is 16.2 Å². The predicted molar refractivity (Wildman–Crippen MR) is 400 cm³/mol. The Kier molecular flexibility index (Phi) is 13.8. The minimum absolute atomic E-state index is 0.226. The first-order valence-corrected chi connectivity index (χ1v) is 34.0. The first kappa shape index (κ1) is 59.0. The van der Waals surface area contributed by atoms with Gasteiger partial charge in [0.2, 0.25) is 0 Å². The molecule has 0 saturated carbocycles. The molecule has 14 aromatic rings. The van der Waals surface area contributed by atoms with Gasteiger partial charge >= 0.3 is 0 Å². The number of hydrogen-bond acceptors (Lipinski definition) is 6. The van der Waals surface area contributed by atoms with Gasteiger partial charge in [-0.3, -0.25) is 4.98 Å². The van der Waals surface area contributed by atoms with E-state index in [2.05, 4.69) is 212 Å². The highest BCUT2D eigenvalue weighted by Crippen LogP contribution is 2.60. The maximum Gasteiger partial charge on any atom is 0.144 e. The molecule has 0 unspecified atom stereocenters. The average molecular weight is 1250 g/mol. The first-order valence-electron chi connectivity index (χ1n) is 34.0. The molecule has 3 aliphatic rings. The van der Waals surface area contributed by atoms with Crippen LogP contribution in [0.5, 0.6) is 0 Å². The largest absolute Gasteiger partial charge is 0.456 e. The molecule has 6 nitrogen and oxygen atoms in total. The summed E-state index contributed by atoms with van der Waals surface area (Å²) < 4.78 is 19.7. The molecule has 6 heteroatoms. The third-order valence-corrected chi connectivity index (χ3v) is 21.8. The number of benzene rings is 10. The molecule has 0 aliphatic heterocycles. The van der Waals surface area contributed by atoms with Gasteiger partial charge in [-0.15, -0.1) is 0 Å². The highest BCUT2D eigenvalue weighted by Gasteiger charge is 2.42. The van der Waals surface area contributed by atoms with Crippen molar-refractivity contribution in [3.8, 4) is 55.8 Å². The Hall–Kier alpha value is -10.8. The van der Waals surface area contributed by atoms with Crippen LogP contribution in [-0.2, 0) is 41.9 Å². The van der Waals surface area contributed by atoms with Crippen molar-refractivity contribution < 1.29 is 13.3 Å². The smallest absolute Gasteiger partial charge is 0.144 e. The van der Waals surface area contributed by atoms with E-state index in [1.54, 1.807) is 0 Å². The van der Waals surface area contributed by atoms with E-state index >= 15 is 0 Å². The molecule has 0 fully saturated rings. The molecule has 10 aromatic carbocycles. The summed E-state index contributed by atoms with van der Waals surface area (Å²) in [7, 11) is 0. The van der Waals surface area contributed by atoms with Crippen LogP contribution in [0, 0.1) is 5.41 Å². The van der Waals surface area contributed by atoms with Gasteiger partial charge in [-0.1, -0.05) is 224 Å². The van der Waals surface area contributed by atoms with Crippen molar-refractivity contribution in [1.29, 1.82) is 5.41 Å². The molecule has 0 radical (unpaired) electrons. The van der Waals surface area contributed by atoms with Crippen molar-refractivity contribution >= 4 is 82.7 Å². The van der Waals surface area contributed by atoms with Crippen molar-refractivity contribution in [2.45, 2.75) is 103 Å². The van der Waals surface area contributed by atoms with Crippen LogP contribution in [0.15, 0.2) is 251 Å². The number of aromatic nitrogens is 1. The monoisotopic (exact) mass is 1250 g/mol. The van der Waals surface area contributed by atoms with Gasteiger partial charge in [-0.05, 0) is 204 Å². The topological polar surface area (TPSA) is 102 Å². The molecule has 0 spiro atoms. The van der Waals surface area contributed by atoms with E-state index in [9.17, 15) is 5.41 Å². The second kappa shape index (κ2) is 22.4. The van der Waals surface area contributed by atoms with E-state index < -0.39 is 0 Å². The fraction of sp³-hybridized carbons (Fsp3) is 0.178. The Balaban J connectivity index is 0.900. The predicted octanol–water partition coefficient (Wildman–Crippen LogP) is 23.5. The van der Waals surface area contributed by atoms with Crippen LogP contribution in [0.3, 0.4) is 0 Å². The van der Waals surface area contributed by atoms with Crippen molar-refractivity contribution in [3.63, 3.8) is 0 Å². The fourth-order valence-electron chi connectivity index (χ4n) is 16.7. The maximum absolute atomic E-state index is 9.72. The van der Waals surface area contributed by atoms with Gasteiger partial charge in [0.1, 0.15) is 33.5 Å². The van der Waals surface area contributed by atoms with E-state index in [4.69, 9.17) is 30.5 Å². The van der Waals surface area contributed by atoms with E-state index in [1.807, 2.05) is 60.8 Å². The van der Waals surface area contributed by atoms with Gasteiger partial charge in [0, 0.05) is 61.4 Å². The number of para-hydroxylation sites is 6. The molecule has 4 aromatic heterocycles. The Morgan fingerprint density at radius 2 is 0.906 bits per heavy atom. The number of nitrogens with two attached hydrogens (primary N) is 1. The molecule has 0 atom stereocenters. The first-order chi connectivity index (χ1) is 46.7. The lowest BCUT2D eigenvalue weighted by Gasteiger charge is -2.30. The molecule has 0 saturated heterocycles. The van der Waals surface area contributed by atoms with E-state index in [0.29, 0.717) is 17.7 Å². The lowest BCUT2D eigenvalue weighted by Crippen LogP contribution is -2.18. The normalized spacial score (nSPS) is 15.5. The molecule has 3 N–H and O–H groups in total. The zero-order chi connectivity index (χ0) is 65.4. The van der Waals surface area contributed by atoms with Gasteiger partial charge in [0.15, 0.2) is 0 Å². The van der Waals surface area contributed by atoms with E-state index in [1.165, 1.54) is 72.3 Å². The Labute approximate surface area is 560 Å². The minimum Gasteiger partial charge on any atom is -0.456 e. The van der Waals surface area contributed by atoms with Gasteiger partial charge in [0.05, 0.1) is 11.4 Å². The number of rotatable bonds is 10. The number of hydrogen-bond donors (Lipinski definition) is 2. The second-order valence-corrected chi connectivity index (χ2v) is 28.8.